The van der Waals surface area contributed by atoms with Gasteiger partial charge in [0.25, 0.3) is 0 Å². The van der Waals surface area contributed by atoms with Crippen LogP contribution in [0.1, 0.15) is 19.3 Å². The van der Waals surface area contributed by atoms with Gasteiger partial charge in [0, 0.05) is 9.89 Å². The Hall–Kier alpha value is -1.03. The van der Waals surface area contributed by atoms with Crippen molar-refractivity contribution in [1.82, 2.24) is 0 Å². The van der Waals surface area contributed by atoms with Crippen molar-refractivity contribution in [2.24, 2.45) is 10.8 Å². The van der Waals surface area contributed by atoms with E-state index < -0.39 is 11.4 Å². The molecule has 2 bridgehead atoms. The van der Waals surface area contributed by atoms with Gasteiger partial charge in [0.1, 0.15) is 5.75 Å². The van der Waals surface area contributed by atoms with Gasteiger partial charge in [-0.2, -0.15) is 0 Å². The number of benzene rings is 1. The van der Waals surface area contributed by atoms with Crippen molar-refractivity contribution in [2.45, 2.75) is 19.3 Å². The van der Waals surface area contributed by atoms with Crippen LogP contribution in [-0.2, 0) is 4.79 Å². The van der Waals surface area contributed by atoms with Crippen molar-refractivity contribution in [1.29, 1.82) is 0 Å². The molecule has 0 aliphatic heterocycles. The maximum Gasteiger partial charge on any atom is 0.309 e. The lowest BCUT2D eigenvalue weighted by Crippen LogP contribution is -2.67. The Morgan fingerprint density at radius 3 is 2.71 bits per heavy atom. The van der Waals surface area contributed by atoms with Gasteiger partial charge in [-0.25, -0.2) is 0 Å². The average Bonchev–Trinajstić information content (AvgIpc) is 2.13. The van der Waals surface area contributed by atoms with Crippen LogP contribution < -0.4 is 4.74 Å². The Balaban J connectivity index is 1.56. The van der Waals surface area contributed by atoms with Crippen LogP contribution in [-0.4, -0.2) is 17.7 Å². The minimum Gasteiger partial charge on any atom is -0.493 e. The second-order valence-corrected chi connectivity index (χ2v) is 6.28. The van der Waals surface area contributed by atoms with E-state index in [1.54, 1.807) is 0 Å². The summed E-state index contributed by atoms with van der Waals surface area (Å²) in [4.78, 5) is 11.0. The minimum absolute atomic E-state index is 0.140. The number of aliphatic carboxylic acids is 1. The fourth-order valence-corrected chi connectivity index (χ4v) is 3.55. The van der Waals surface area contributed by atoms with Crippen molar-refractivity contribution >= 4 is 21.9 Å². The van der Waals surface area contributed by atoms with Gasteiger partial charge in [-0.15, -0.1) is 0 Å². The third kappa shape index (κ3) is 1.66. The summed E-state index contributed by atoms with van der Waals surface area (Å²) >= 11 is 3.39. The van der Waals surface area contributed by atoms with Gasteiger partial charge in [-0.3, -0.25) is 4.79 Å². The Morgan fingerprint density at radius 2 is 2.12 bits per heavy atom. The molecule has 90 valence electrons. The number of carboxylic acids is 1. The van der Waals surface area contributed by atoms with Crippen LogP contribution in [0.5, 0.6) is 5.75 Å². The third-order valence-corrected chi connectivity index (χ3v) is 4.43. The number of carbonyl (C=O) groups is 1. The standard InChI is InChI=1S/C13H13BrO3/c14-9-2-1-3-10(4-9)17-8-12-5-13(6-12,7-12)11(15)16/h1-4H,5-8H2,(H,15,16). The summed E-state index contributed by atoms with van der Waals surface area (Å²) in [5.41, 5.74) is -0.263. The van der Waals surface area contributed by atoms with Crippen LogP contribution in [0.3, 0.4) is 0 Å². The number of halogens is 1. The SMILES string of the molecule is O=C(O)C12CC(COc3cccc(Br)c3)(C1)C2. The molecule has 0 saturated heterocycles. The molecular formula is C13H13BrO3. The molecule has 0 unspecified atom stereocenters. The first-order valence-electron chi connectivity index (χ1n) is 5.66. The van der Waals surface area contributed by atoms with Crippen molar-refractivity contribution in [3.8, 4) is 5.75 Å². The fourth-order valence-electron chi connectivity index (χ4n) is 3.17. The topological polar surface area (TPSA) is 46.5 Å². The molecule has 1 aromatic rings. The van der Waals surface area contributed by atoms with Gasteiger partial charge < -0.3 is 9.84 Å². The van der Waals surface area contributed by atoms with Gasteiger partial charge in [0.15, 0.2) is 0 Å². The van der Waals surface area contributed by atoms with Crippen molar-refractivity contribution < 1.29 is 14.6 Å². The molecule has 3 aliphatic rings. The molecule has 0 spiro atoms. The van der Waals surface area contributed by atoms with E-state index in [0.717, 1.165) is 29.5 Å². The van der Waals surface area contributed by atoms with E-state index in [2.05, 4.69) is 15.9 Å². The number of carboxylic acid groups (broad SMARTS) is 1. The zero-order valence-corrected chi connectivity index (χ0v) is 10.9. The predicted octanol–water partition coefficient (Wildman–Crippen LogP) is 3.08. The highest BCUT2D eigenvalue weighted by Crippen LogP contribution is 2.73. The summed E-state index contributed by atoms with van der Waals surface area (Å²) in [6.07, 6.45) is 2.34. The Bertz CT molecular complexity index is 464. The van der Waals surface area contributed by atoms with E-state index in [0.29, 0.717) is 6.61 Å². The molecule has 1 N–H and O–H groups in total. The molecule has 17 heavy (non-hydrogen) atoms. The molecule has 4 heteroatoms. The monoisotopic (exact) mass is 296 g/mol. The minimum atomic E-state index is -0.637. The van der Waals surface area contributed by atoms with Gasteiger partial charge in [-0.05, 0) is 37.5 Å². The molecule has 3 aliphatic carbocycles. The maximum absolute atomic E-state index is 11.0. The van der Waals surface area contributed by atoms with E-state index in [4.69, 9.17) is 9.84 Å². The second-order valence-electron chi connectivity index (χ2n) is 5.36. The molecule has 0 amide bonds. The molecule has 3 saturated carbocycles. The lowest BCUT2D eigenvalue weighted by molar-refractivity contribution is -0.231. The fraction of sp³-hybridized carbons (Fsp3) is 0.462. The lowest BCUT2D eigenvalue weighted by atomic mass is 9.35. The van der Waals surface area contributed by atoms with Crippen LogP contribution in [0.25, 0.3) is 0 Å². The number of hydrogen-bond donors (Lipinski definition) is 1. The molecule has 4 rings (SSSR count). The highest BCUT2D eigenvalue weighted by atomic mass is 79.9. The van der Waals surface area contributed by atoms with E-state index in [1.165, 1.54) is 0 Å². The first-order chi connectivity index (χ1) is 8.04. The molecular weight excluding hydrogens is 284 g/mol. The normalized spacial score (nSPS) is 33.5. The van der Waals surface area contributed by atoms with Crippen LogP contribution in [0.4, 0.5) is 0 Å². The lowest BCUT2D eigenvalue weighted by Gasteiger charge is -2.67. The van der Waals surface area contributed by atoms with Crippen molar-refractivity contribution in [3.63, 3.8) is 0 Å². The zero-order chi connectivity index (χ0) is 12.1. The predicted molar refractivity (Wildman–Crippen MR) is 66.0 cm³/mol. The third-order valence-electron chi connectivity index (χ3n) is 3.93. The summed E-state index contributed by atoms with van der Waals surface area (Å²) in [6, 6.07) is 7.73. The number of rotatable bonds is 4. The molecule has 0 heterocycles. The summed E-state index contributed by atoms with van der Waals surface area (Å²) in [6.45, 7) is 0.637. The van der Waals surface area contributed by atoms with Gasteiger partial charge >= 0.3 is 5.97 Å². The largest absolute Gasteiger partial charge is 0.493 e. The first kappa shape index (κ1) is 11.1. The first-order valence-corrected chi connectivity index (χ1v) is 6.45. The number of ether oxygens (including phenoxy) is 1. The molecule has 0 radical (unpaired) electrons. The van der Waals surface area contributed by atoms with Crippen LogP contribution in [0.15, 0.2) is 28.7 Å². The second kappa shape index (κ2) is 3.48. The Kier molecular flexibility index (Phi) is 2.27. The summed E-state index contributed by atoms with van der Waals surface area (Å²) < 4.78 is 6.73. The number of hydrogen-bond acceptors (Lipinski definition) is 2. The maximum atomic E-state index is 11.0. The van der Waals surface area contributed by atoms with Crippen molar-refractivity contribution in [2.75, 3.05) is 6.61 Å². The van der Waals surface area contributed by atoms with E-state index in [1.807, 2.05) is 24.3 Å². The zero-order valence-electron chi connectivity index (χ0n) is 9.28. The quantitative estimate of drug-likeness (QED) is 0.929. The van der Waals surface area contributed by atoms with E-state index in [9.17, 15) is 4.79 Å². The van der Waals surface area contributed by atoms with Crippen LogP contribution in [0.2, 0.25) is 0 Å². The highest BCUT2D eigenvalue weighted by Gasteiger charge is 2.72. The summed E-state index contributed by atoms with van der Waals surface area (Å²) in [7, 11) is 0. The smallest absolute Gasteiger partial charge is 0.309 e. The Morgan fingerprint density at radius 1 is 1.41 bits per heavy atom. The van der Waals surface area contributed by atoms with Gasteiger partial charge in [0.2, 0.25) is 0 Å². The Labute approximate surface area is 108 Å². The van der Waals surface area contributed by atoms with Gasteiger partial charge in [0.05, 0.1) is 12.0 Å². The molecule has 3 fully saturated rings. The van der Waals surface area contributed by atoms with Crippen LogP contribution >= 0.6 is 15.9 Å². The summed E-state index contributed by atoms with van der Waals surface area (Å²) in [5, 5.41) is 9.02. The molecule has 3 nitrogen and oxygen atoms in total. The van der Waals surface area contributed by atoms with E-state index in [-0.39, 0.29) is 5.41 Å². The van der Waals surface area contributed by atoms with E-state index >= 15 is 0 Å². The van der Waals surface area contributed by atoms with Crippen LogP contribution in [0, 0.1) is 10.8 Å². The molecule has 0 aromatic heterocycles. The molecule has 0 atom stereocenters. The molecule has 1 aromatic carbocycles. The van der Waals surface area contributed by atoms with Crippen molar-refractivity contribution in [3.05, 3.63) is 28.7 Å². The average molecular weight is 297 g/mol. The van der Waals surface area contributed by atoms with Gasteiger partial charge in [-0.1, -0.05) is 22.0 Å². The summed E-state index contributed by atoms with van der Waals surface area (Å²) in [5.74, 6) is 0.204. The highest BCUT2D eigenvalue weighted by molar-refractivity contribution is 9.10.